The molecule has 0 radical (unpaired) electrons. The van der Waals surface area contributed by atoms with Crippen molar-refractivity contribution in [3.05, 3.63) is 0 Å². The summed E-state index contributed by atoms with van der Waals surface area (Å²) in [6.45, 7) is 3.33. The van der Waals surface area contributed by atoms with Crippen LogP contribution in [0.15, 0.2) is 0 Å². The van der Waals surface area contributed by atoms with Crippen molar-refractivity contribution in [1.29, 1.82) is 0 Å². The monoisotopic (exact) mass is 154 g/mol. The number of aliphatic hydroxyl groups excluding tert-OH is 2. The van der Waals surface area contributed by atoms with Crippen LogP contribution in [0.5, 0.6) is 0 Å². The molecule has 0 fully saturated rings. The molecule has 0 aliphatic rings. The highest BCUT2D eigenvalue weighted by Gasteiger charge is 1.99. The Morgan fingerprint density at radius 2 is 1.25 bits per heavy atom. The summed E-state index contributed by atoms with van der Waals surface area (Å²) < 4.78 is 0. The predicted octanol–water partition coefficient (Wildman–Crippen LogP) is 1.04. The molecule has 0 bridgehead atoms. The topological polar surface area (TPSA) is 40.5 Å². The van der Waals surface area contributed by atoms with Gasteiger partial charge in [-0.05, 0) is 13.8 Å². The van der Waals surface area contributed by atoms with Crippen LogP contribution >= 0.6 is 21.6 Å². The van der Waals surface area contributed by atoms with Crippen molar-refractivity contribution in [2.45, 2.75) is 24.7 Å². The first-order valence-electron chi connectivity index (χ1n) is 2.31. The minimum atomic E-state index is -0.394. The molecule has 2 atom stereocenters. The Bertz CT molecular complexity index is 48.0. The molecule has 0 amide bonds. The second-order valence-electron chi connectivity index (χ2n) is 1.39. The summed E-state index contributed by atoms with van der Waals surface area (Å²) in [5.74, 6) is 0. The molecule has 0 aliphatic heterocycles. The van der Waals surface area contributed by atoms with E-state index in [0.717, 1.165) is 0 Å². The molecule has 0 rings (SSSR count). The zero-order chi connectivity index (χ0) is 6.57. The Hall–Kier alpha value is 0.620. The average molecular weight is 154 g/mol. The van der Waals surface area contributed by atoms with E-state index in [1.54, 1.807) is 13.8 Å². The van der Waals surface area contributed by atoms with Gasteiger partial charge in [-0.25, -0.2) is 0 Å². The summed E-state index contributed by atoms with van der Waals surface area (Å²) >= 11 is 0. The lowest BCUT2D eigenvalue weighted by molar-refractivity contribution is 0.281. The van der Waals surface area contributed by atoms with Crippen LogP contribution in [0.2, 0.25) is 0 Å². The van der Waals surface area contributed by atoms with Crippen LogP contribution in [0, 0.1) is 0 Å². The molecule has 0 saturated carbocycles. The Labute approximate surface area is 57.1 Å². The van der Waals surface area contributed by atoms with E-state index < -0.39 is 10.9 Å². The molecule has 0 spiro atoms. The Kier molecular flexibility index (Phi) is 4.84. The first-order chi connectivity index (χ1) is 3.63. The quantitative estimate of drug-likeness (QED) is 0.471. The van der Waals surface area contributed by atoms with Gasteiger partial charge in [-0.15, -0.1) is 0 Å². The summed E-state index contributed by atoms with van der Waals surface area (Å²) in [6.07, 6.45) is 0. The molecule has 2 unspecified atom stereocenters. The Balaban J connectivity index is 2.93. The van der Waals surface area contributed by atoms with E-state index in [2.05, 4.69) is 0 Å². The molecule has 0 aromatic rings. The van der Waals surface area contributed by atoms with Gasteiger partial charge in [-0.3, -0.25) is 0 Å². The zero-order valence-electron chi connectivity index (χ0n) is 4.87. The van der Waals surface area contributed by atoms with Crippen LogP contribution < -0.4 is 0 Å². The van der Waals surface area contributed by atoms with Gasteiger partial charge < -0.3 is 10.2 Å². The van der Waals surface area contributed by atoms with Crippen molar-refractivity contribution in [1.82, 2.24) is 0 Å². The maximum Gasteiger partial charge on any atom is 0.107 e. The number of hydrogen-bond donors (Lipinski definition) is 2. The highest BCUT2D eigenvalue weighted by atomic mass is 33.1. The molecule has 0 aliphatic carbocycles. The van der Waals surface area contributed by atoms with Crippen LogP contribution in [-0.4, -0.2) is 21.1 Å². The van der Waals surface area contributed by atoms with Crippen LogP contribution in [0.1, 0.15) is 13.8 Å². The molecule has 50 valence electrons. The second kappa shape index (κ2) is 4.49. The van der Waals surface area contributed by atoms with Crippen molar-refractivity contribution >= 4 is 21.6 Å². The fraction of sp³-hybridized carbons (Fsp3) is 1.00. The number of aliphatic hydroxyl groups is 2. The van der Waals surface area contributed by atoms with E-state index >= 15 is 0 Å². The predicted molar refractivity (Wildman–Crippen MR) is 38.5 cm³/mol. The molecule has 0 aromatic carbocycles. The van der Waals surface area contributed by atoms with Crippen molar-refractivity contribution in [3.63, 3.8) is 0 Å². The Morgan fingerprint density at radius 3 is 1.38 bits per heavy atom. The van der Waals surface area contributed by atoms with E-state index in [1.807, 2.05) is 0 Å². The van der Waals surface area contributed by atoms with Gasteiger partial charge in [0.25, 0.3) is 0 Å². The van der Waals surface area contributed by atoms with Gasteiger partial charge in [0.1, 0.15) is 10.9 Å². The minimum absolute atomic E-state index is 0.394. The van der Waals surface area contributed by atoms with E-state index in [1.165, 1.54) is 21.6 Å². The first kappa shape index (κ1) is 8.62. The summed E-state index contributed by atoms with van der Waals surface area (Å²) in [6, 6.07) is 0. The maximum absolute atomic E-state index is 8.63. The van der Waals surface area contributed by atoms with Crippen LogP contribution in [0.25, 0.3) is 0 Å². The fourth-order valence-corrected chi connectivity index (χ4v) is 1.45. The lowest BCUT2D eigenvalue weighted by atomic mass is 10.9. The molecule has 0 saturated heterocycles. The second-order valence-corrected chi connectivity index (χ2v) is 4.30. The van der Waals surface area contributed by atoms with E-state index in [4.69, 9.17) is 10.2 Å². The summed E-state index contributed by atoms with van der Waals surface area (Å²) in [4.78, 5) is 0. The van der Waals surface area contributed by atoms with Crippen molar-refractivity contribution in [2.75, 3.05) is 0 Å². The SMILES string of the molecule is CC(O)SSC(C)O. The van der Waals surface area contributed by atoms with Crippen molar-refractivity contribution in [2.24, 2.45) is 0 Å². The highest BCUT2D eigenvalue weighted by Crippen LogP contribution is 2.27. The third-order valence-electron chi connectivity index (χ3n) is 0.334. The Morgan fingerprint density at radius 1 is 1.00 bits per heavy atom. The van der Waals surface area contributed by atoms with Gasteiger partial charge in [0, 0.05) is 0 Å². The lowest BCUT2D eigenvalue weighted by Crippen LogP contribution is -1.93. The van der Waals surface area contributed by atoms with E-state index in [-0.39, 0.29) is 0 Å². The molecular weight excluding hydrogens is 144 g/mol. The maximum atomic E-state index is 8.63. The van der Waals surface area contributed by atoms with Crippen molar-refractivity contribution < 1.29 is 10.2 Å². The summed E-state index contributed by atoms with van der Waals surface area (Å²) in [5.41, 5.74) is -0.788. The molecule has 8 heavy (non-hydrogen) atoms. The molecule has 4 heteroatoms. The van der Waals surface area contributed by atoms with Crippen LogP contribution in [0.3, 0.4) is 0 Å². The molecule has 2 N–H and O–H groups in total. The molecular formula is C4H10O2S2. The highest BCUT2D eigenvalue weighted by molar-refractivity contribution is 8.77. The van der Waals surface area contributed by atoms with E-state index in [9.17, 15) is 0 Å². The van der Waals surface area contributed by atoms with Gasteiger partial charge in [-0.2, -0.15) is 0 Å². The van der Waals surface area contributed by atoms with E-state index in [0.29, 0.717) is 0 Å². The van der Waals surface area contributed by atoms with Crippen LogP contribution in [0.4, 0.5) is 0 Å². The lowest BCUT2D eigenvalue weighted by Gasteiger charge is -2.03. The summed E-state index contributed by atoms with van der Waals surface area (Å²) in [7, 11) is 2.52. The standard InChI is InChI=1S/C4H10O2S2/c1-3(5)7-8-4(2)6/h3-6H,1-2H3. The van der Waals surface area contributed by atoms with Gasteiger partial charge in [0.05, 0.1) is 0 Å². The minimum Gasteiger partial charge on any atom is -0.382 e. The van der Waals surface area contributed by atoms with Gasteiger partial charge in [-0.1, -0.05) is 21.6 Å². The molecule has 0 aromatic heterocycles. The molecule has 0 heterocycles. The number of rotatable bonds is 3. The smallest absolute Gasteiger partial charge is 0.107 e. The zero-order valence-corrected chi connectivity index (χ0v) is 6.50. The average Bonchev–Trinajstić information content (AvgIpc) is 1.61. The normalized spacial score (nSPS) is 18.0. The fourth-order valence-electron chi connectivity index (χ4n) is 0.161. The third kappa shape index (κ3) is 6.62. The summed E-state index contributed by atoms with van der Waals surface area (Å²) in [5, 5.41) is 17.3. The van der Waals surface area contributed by atoms with Gasteiger partial charge in [0.15, 0.2) is 0 Å². The van der Waals surface area contributed by atoms with Gasteiger partial charge in [0.2, 0.25) is 0 Å². The first-order valence-corrected chi connectivity index (χ1v) is 4.59. The third-order valence-corrected chi connectivity index (χ3v) is 3.01. The number of hydrogen-bond acceptors (Lipinski definition) is 4. The van der Waals surface area contributed by atoms with Crippen molar-refractivity contribution in [3.8, 4) is 0 Å². The van der Waals surface area contributed by atoms with Crippen LogP contribution in [-0.2, 0) is 0 Å². The van der Waals surface area contributed by atoms with Gasteiger partial charge >= 0.3 is 0 Å². The molecule has 2 nitrogen and oxygen atoms in total. The largest absolute Gasteiger partial charge is 0.382 e.